The van der Waals surface area contributed by atoms with Crippen molar-refractivity contribution in [2.75, 3.05) is 0 Å². The first kappa shape index (κ1) is 39.3. The van der Waals surface area contributed by atoms with Gasteiger partial charge in [0.15, 0.2) is 16.8 Å². The highest BCUT2D eigenvalue weighted by molar-refractivity contribution is 6.97. The topological polar surface area (TPSA) is 107 Å². The van der Waals surface area contributed by atoms with Crippen LogP contribution in [0.15, 0.2) is 200 Å². The molecule has 0 radical (unpaired) electrons. The Morgan fingerprint density at radius 2 is 0.471 bits per heavy atom. The van der Waals surface area contributed by atoms with E-state index in [0.717, 1.165) is 0 Å². The van der Waals surface area contributed by atoms with Crippen LogP contribution in [-0.2, 0) is 31.0 Å². The summed E-state index contributed by atoms with van der Waals surface area (Å²) in [6.07, 6.45) is 0. The lowest BCUT2D eigenvalue weighted by molar-refractivity contribution is 0.0215. The van der Waals surface area contributed by atoms with Gasteiger partial charge in [0.25, 0.3) is 0 Å². The van der Waals surface area contributed by atoms with E-state index in [-0.39, 0.29) is 0 Å². The monoisotopic (exact) mass is 924 g/mol. The highest BCUT2D eigenvalue weighted by Gasteiger charge is 2.59. The molecule has 0 N–H and O–H groups in total. The van der Waals surface area contributed by atoms with Crippen LogP contribution in [0, 0.1) is 0 Å². The molecule has 9 aromatic rings. The Hall–Kier alpha value is -8.68. The largest absolute Gasteiger partial charge is 0.456 e. The number of hydrogen-bond donors (Lipinski definition) is 0. The average molecular weight is 925 g/mol. The molecular weight excluding hydrogens is 892 g/mol. The van der Waals surface area contributed by atoms with Gasteiger partial charge in [-0.05, 0) is 36.4 Å². The zero-order chi connectivity index (χ0) is 46.5. The lowest BCUT2D eigenvalue weighted by atomic mass is 9.77. The van der Waals surface area contributed by atoms with E-state index in [4.69, 9.17) is 28.4 Å². The first-order valence-electron chi connectivity index (χ1n) is 23.1. The lowest BCUT2D eigenvalue weighted by Gasteiger charge is -2.36. The predicted octanol–water partition coefficient (Wildman–Crippen LogP) is 9.91. The minimum Gasteiger partial charge on any atom is -0.456 e. The van der Waals surface area contributed by atoms with Crippen LogP contribution in [0.25, 0.3) is 0 Å². The van der Waals surface area contributed by atoms with E-state index < -0.39 is 48.9 Å². The number of fused-ring (bicyclic) bond motifs is 18. The van der Waals surface area contributed by atoms with Gasteiger partial charge in [-0.1, -0.05) is 177 Å². The molecule has 0 saturated heterocycles. The van der Waals surface area contributed by atoms with Gasteiger partial charge in [-0.2, -0.15) is 0 Å². The summed E-state index contributed by atoms with van der Waals surface area (Å²) in [5.74, 6) is 1.80. The van der Waals surface area contributed by atoms with Crippen LogP contribution in [-0.4, -0.2) is 32.1 Å². The number of para-hydroxylation sites is 6. The maximum atomic E-state index is 15.3. The number of benzene rings is 9. The Labute approximate surface area is 404 Å². The minimum absolute atomic E-state index is 0.367. The maximum Gasteiger partial charge on any atom is 0.387 e. The van der Waals surface area contributed by atoms with Crippen LogP contribution >= 0.6 is 0 Å². The summed E-state index contributed by atoms with van der Waals surface area (Å²) in [7, 11) is 0. The van der Waals surface area contributed by atoms with Crippen molar-refractivity contribution < 1.29 is 42.8 Å². The van der Waals surface area contributed by atoms with Gasteiger partial charge in [0, 0.05) is 50.1 Å². The molecule has 9 aromatic carbocycles. The Balaban J connectivity index is 1.04. The molecule has 0 unspecified atom stereocenters. The summed E-state index contributed by atoms with van der Waals surface area (Å²) in [6, 6.07) is 63.2. The number of esters is 3. The third kappa shape index (κ3) is 4.83. The zero-order valence-electron chi connectivity index (χ0n) is 36.8. The summed E-state index contributed by atoms with van der Waals surface area (Å²) >= 11 is -3.29. The van der Waals surface area contributed by atoms with E-state index in [1.165, 1.54) is 0 Å². The minimum atomic E-state index is -3.29. The van der Waals surface area contributed by atoms with E-state index in [1.807, 2.05) is 200 Å². The third-order valence-corrected chi connectivity index (χ3v) is 18.3. The quantitative estimate of drug-likeness (QED) is 0.0973. The molecule has 3 spiro atoms. The van der Waals surface area contributed by atoms with Crippen LogP contribution in [0.4, 0.5) is 0 Å². The average Bonchev–Trinajstić information content (AvgIpc) is 3.99. The van der Waals surface area contributed by atoms with Gasteiger partial charge in [0.2, 0.25) is 0 Å². The van der Waals surface area contributed by atoms with Crippen LogP contribution in [0.5, 0.6) is 34.5 Å². The second-order valence-corrected chi connectivity index (χ2v) is 21.0. The second kappa shape index (κ2) is 14.0. The van der Waals surface area contributed by atoms with E-state index in [2.05, 4.69) is 0 Å². The number of carbonyl (C=O) groups is 3. The Morgan fingerprint density at radius 3 is 0.714 bits per heavy atom. The zero-order valence-corrected chi connectivity index (χ0v) is 38.0. The number of carbonyl (C=O) groups excluding carboxylic acids is 3. The van der Waals surface area contributed by atoms with Gasteiger partial charge in [-0.25, -0.2) is 14.4 Å². The van der Waals surface area contributed by atoms with Crippen LogP contribution in [0.1, 0.15) is 81.1 Å². The highest BCUT2D eigenvalue weighted by atomic mass is 27.2. The van der Waals surface area contributed by atoms with Crippen LogP contribution in [0.2, 0.25) is 0 Å². The van der Waals surface area contributed by atoms with Crippen molar-refractivity contribution in [2.45, 2.75) is 16.8 Å². The molecule has 0 bridgehead atoms. The van der Waals surface area contributed by atoms with Crippen molar-refractivity contribution in [3.05, 3.63) is 267 Å². The van der Waals surface area contributed by atoms with E-state index in [1.54, 1.807) is 0 Å². The first-order chi connectivity index (χ1) is 34.4. The van der Waals surface area contributed by atoms with Gasteiger partial charge < -0.3 is 28.4 Å². The van der Waals surface area contributed by atoms with E-state index in [0.29, 0.717) is 115 Å². The Bertz CT molecular complexity index is 3320. The Kier molecular flexibility index (Phi) is 7.84. The molecule has 330 valence electrons. The molecule has 0 fully saturated rings. The standard InChI is InChI=1S/3C20H11O3.Al/c3*21-19-13-7-1-2-8-14(13)20(23-19)15-9-3-5-11-17(15)22-18-12-6-4-10-16(18)20;/h3*1-6,8-12H;. The smallest absolute Gasteiger partial charge is 0.387 e. The Morgan fingerprint density at radius 1 is 0.257 bits per heavy atom. The summed E-state index contributed by atoms with van der Waals surface area (Å²) in [4.78, 5) is 46.0. The molecule has 0 atom stereocenters. The summed E-state index contributed by atoms with van der Waals surface area (Å²) in [6.45, 7) is 0. The van der Waals surface area contributed by atoms with E-state index >= 15 is 14.4 Å². The number of ether oxygens (including phenoxy) is 6. The molecule has 15 rings (SSSR count). The molecule has 0 saturated carbocycles. The third-order valence-electron chi connectivity index (χ3n) is 15.0. The summed E-state index contributed by atoms with van der Waals surface area (Å²) < 4.78 is 41.9. The molecular formula is C60H33AlO9. The van der Waals surface area contributed by atoms with E-state index in [9.17, 15) is 0 Å². The second-order valence-electron chi connectivity index (χ2n) is 18.2. The van der Waals surface area contributed by atoms with Crippen molar-refractivity contribution in [3.8, 4) is 34.5 Å². The number of hydrogen-bond acceptors (Lipinski definition) is 9. The SMILES string of the molecule is O=C1OC2(c3ccccc3Oc3ccccc32)c2ccc[c]([Al]([c]3cccc4c3C(=O)OC43c4ccccc4Oc4ccccc43)[c]3cccc4c3C(=O)OC43c4ccccc4Oc4ccccc43)c21. The molecule has 0 aromatic heterocycles. The van der Waals surface area contributed by atoms with Crippen LogP contribution in [0.3, 0.4) is 0 Å². The van der Waals surface area contributed by atoms with Crippen molar-refractivity contribution in [1.29, 1.82) is 0 Å². The molecule has 0 amide bonds. The summed E-state index contributed by atoms with van der Waals surface area (Å²) in [5, 5.41) is 0. The number of rotatable bonds is 3. The molecule has 6 heterocycles. The van der Waals surface area contributed by atoms with Crippen molar-refractivity contribution in [2.24, 2.45) is 0 Å². The van der Waals surface area contributed by atoms with Gasteiger partial charge >= 0.3 is 32.1 Å². The summed E-state index contributed by atoms with van der Waals surface area (Å²) in [5.41, 5.74) is 2.97. The fraction of sp³-hybridized carbons (Fsp3) is 0.0500. The van der Waals surface area contributed by atoms with Crippen molar-refractivity contribution >= 4 is 45.3 Å². The molecule has 0 aliphatic carbocycles. The molecule has 9 nitrogen and oxygen atoms in total. The predicted molar refractivity (Wildman–Crippen MR) is 259 cm³/mol. The highest BCUT2D eigenvalue weighted by Crippen LogP contribution is 2.59. The molecule has 70 heavy (non-hydrogen) atoms. The maximum absolute atomic E-state index is 15.3. The van der Waals surface area contributed by atoms with Gasteiger partial charge in [-0.15, -0.1) is 0 Å². The van der Waals surface area contributed by atoms with Gasteiger partial charge in [0.05, 0.1) is 16.7 Å². The lowest BCUT2D eigenvalue weighted by Crippen LogP contribution is -2.56. The normalized spacial score (nSPS) is 16.5. The molecule has 6 aliphatic rings. The van der Waals surface area contributed by atoms with Gasteiger partial charge in [0.1, 0.15) is 34.5 Å². The van der Waals surface area contributed by atoms with Crippen molar-refractivity contribution in [3.63, 3.8) is 0 Å². The fourth-order valence-corrected chi connectivity index (χ4v) is 15.9. The van der Waals surface area contributed by atoms with Gasteiger partial charge in [-0.3, -0.25) is 0 Å². The van der Waals surface area contributed by atoms with Crippen molar-refractivity contribution in [1.82, 2.24) is 0 Å². The first-order valence-corrected chi connectivity index (χ1v) is 24.9. The fourth-order valence-electron chi connectivity index (χ4n) is 12.3. The molecule has 10 heteroatoms. The van der Waals surface area contributed by atoms with Crippen LogP contribution < -0.4 is 27.5 Å². The molecule has 6 aliphatic heterocycles.